The van der Waals surface area contributed by atoms with E-state index in [2.05, 4.69) is 4.74 Å². The van der Waals surface area contributed by atoms with Crippen molar-refractivity contribution in [2.75, 3.05) is 7.11 Å². The van der Waals surface area contributed by atoms with Crippen LogP contribution >= 0.6 is 0 Å². The maximum atomic E-state index is 13.7. The van der Waals surface area contributed by atoms with Crippen LogP contribution in [0, 0.1) is 5.92 Å². The maximum Gasteiger partial charge on any atom is 0.329 e. The highest BCUT2D eigenvalue weighted by Gasteiger charge is 2.52. The van der Waals surface area contributed by atoms with E-state index in [0.29, 0.717) is 0 Å². The number of hydrogen-bond acceptors (Lipinski definition) is 3. The number of halogens is 1. The standard InChI is InChI=1S/C9H18FNO2/c1-6(2)9(11,7(12)13-5)8(3,4)10/h6H,11H2,1-5H3. The van der Waals surface area contributed by atoms with Crippen molar-refractivity contribution in [2.45, 2.75) is 38.9 Å². The van der Waals surface area contributed by atoms with E-state index in [9.17, 15) is 9.18 Å². The average Bonchev–Trinajstić information content (AvgIpc) is 1.98. The van der Waals surface area contributed by atoms with Crippen LogP contribution in [0.3, 0.4) is 0 Å². The SMILES string of the molecule is COC(=O)C(N)(C(C)C)C(C)(C)F. The third-order valence-corrected chi connectivity index (χ3v) is 2.42. The molecule has 0 aliphatic heterocycles. The Balaban J connectivity index is 5.08. The van der Waals surface area contributed by atoms with Gasteiger partial charge in [-0.15, -0.1) is 0 Å². The van der Waals surface area contributed by atoms with E-state index in [4.69, 9.17) is 5.73 Å². The van der Waals surface area contributed by atoms with Gasteiger partial charge in [0, 0.05) is 0 Å². The van der Waals surface area contributed by atoms with Gasteiger partial charge in [-0.25, -0.2) is 9.18 Å². The van der Waals surface area contributed by atoms with Gasteiger partial charge in [0.25, 0.3) is 0 Å². The van der Waals surface area contributed by atoms with Crippen LogP contribution in [-0.4, -0.2) is 24.3 Å². The molecular formula is C9H18FNO2. The Morgan fingerprint density at radius 3 is 1.92 bits per heavy atom. The number of esters is 1. The molecule has 0 radical (unpaired) electrons. The first-order valence-electron chi connectivity index (χ1n) is 4.24. The summed E-state index contributed by atoms with van der Waals surface area (Å²) in [6.45, 7) is 5.95. The normalized spacial score (nSPS) is 16.9. The number of hydrogen-bond donors (Lipinski definition) is 1. The molecular weight excluding hydrogens is 173 g/mol. The van der Waals surface area contributed by atoms with E-state index in [1.165, 1.54) is 21.0 Å². The minimum atomic E-state index is -1.80. The van der Waals surface area contributed by atoms with Crippen LogP contribution in [0.4, 0.5) is 4.39 Å². The van der Waals surface area contributed by atoms with Crippen molar-refractivity contribution in [3.05, 3.63) is 0 Å². The lowest BCUT2D eigenvalue weighted by Gasteiger charge is -2.38. The molecule has 0 amide bonds. The second-order valence-electron chi connectivity index (χ2n) is 3.99. The van der Waals surface area contributed by atoms with E-state index in [-0.39, 0.29) is 5.92 Å². The van der Waals surface area contributed by atoms with Crippen molar-refractivity contribution in [3.8, 4) is 0 Å². The minimum absolute atomic E-state index is 0.319. The summed E-state index contributed by atoms with van der Waals surface area (Å²) in [5, 5.41) is 0. The third kappa shape index (κ3) is 1.99. The lowest BCUT2D eigenvalue weighted by Crippen LogP contribution is -2.64. The summed E-state index contributed by atoms with van der Waals surface area (Å²) in [6, 6.07) is 0. The molecule has 4 heteroatoms. The summed E-state index contributed by atoms with van der Waals surface area (Å²) in [5.41, 5.74) is 2.34. The van der Waals surface area contributed by atoms with Crippen molar-refractivity contribution in [1.29, 1.82) is 0 Å². The molecule has 1 atom stereocenters. The van der Waals surface area contributed by atoms with Crippen LogP contribution in [0.1, 0.15) is 27.7 Å². The molecule has 0 fully saturated rings. The number of alkyl halides is 1. The molecule has 0 aromatic rings. The molecule has 0 saturated heterocycles. The summed E-state index contributed by atoms with van der Waals surface area (Å²) in [4.78, 5) is 11.3. The minimum Gasteiger partial charge on any atom is -0.468 e. The fraction of sp³-hybridized carbons (Fsp3) is 0.889. The molecule has 0 aliphatic carbocycles. The maximum absolute atomic E-state index is 13.7. The van der Waals surface area contributed by atoms with E-state index in [1.807, 2.05) is 0 Å². The molecule has 78 valence electrons. The van der Waals surface area contributed by atoms with Crippen LogP contribution in [0.25, 0.3) is 0 Å². The largest absolute Gasteiger partial charge is 0.468 e. The summed E-state index contributed by atoms with van der Waals surface area (Å²) < 4.78 is 18.2. The van der Waals surface area contributed by atoms with E-state index >= 15 is 0 Å². The number of carbonyl (C=O) groups is 1. The highest BCUT2D eigenvalue weighted by atomic mass is 19.1. The van der Waals surface area contributed by atoms with E-state index in [0.717, 1.165) is 0 Å². The van der Waals surface area contributed by atoms with Gasteiger partial charge in [-0.1, -0.05) is 13.8 Å². The van der Waals surface area contributed by atoms with Crippen LogP contribution in [0.2, 0.25) is 0 Å². The smallest absolute Gasteiger partial charge is 0.329 e. The Bertz CT molecular complexity index is 198. The van der Waals surface area contributed by atoms with E-state index < -0.39 is 17.2 Å². The summed E-state index contributed by atoms with van der Waals surface area (Å²) in [7, 11) is 1.21. The topological polar surface area (TPSA) is 52.3 Å². The van der Waals surface area contributed by atoms with Crippen molar-refractivity contribution in [3.63, 3.8) is 0 Å². The molecule has 0 heterocycles. The number of methoxy groups -OCH3 is 1. The highest BCUT2D eigenvalue weighted by Crippen LogP contribution is 2.31. The van der Waals surface area contributed by atoms with Gasteiger partial charge in [-0.2, -0.15) is 0 Å². The predicted octanol–water partition coefficient (Wildman–Crippen LogP) is 1.26. The molecule has 0 aromatic carbocycles. The third-order valence-electron chi connectivity index (χ3n) is 2.42. The van der Waals surface area contributed by atoms with Gasteiger partial charge < -0.3 is 10.5 Å². The molecule has 0 spiro atoms. The van der Waals surface area contributed by atoms with Crippen LogP contribution in [-0.2, 0) is 9.53 Å². The van der Waals surface area contributed by atoms with Gasteiger partial charge >= 0.3 is 5.97 Å². The summed E-state index contributed by atoms with van der Waals surface area (Å²) in [5.74, 6) is -1.03. The van der Waals surface area contributed by atoms with Crippen molar-refractivity contribution in [2.24, 2.45) is 11.7 Å². The Kier molecular flexibility index (Phi) is 3.44. The fourth-order valence-corrected chi connectivity index (χ4v) is 1.33. The molecule has 0 aromatic heterocycles. The zero-order valence-corrected chi connectivity index (χ0v) is 8.85. The van der Waals surface area contributed by atoms with Crippen molar-refractivity contribution >= 4 is 5.97 Å². The Hall–Kier alpha value is -0.640. The monoisotopic (exact) mass is 191 g/mol. The highest BCUT2D eigenvalue weighted by molar-refractivity contribution is 5.82. The van der Waals surface area contributed by atoms with Crippen LogP contribution in [0.15, 0.2) is 0 Å². The molecule has 0 aliphatic rings. The summed E-state index contributed by atoms with van der Waals surface area (Å²) >= 11 is 0. The molecule has 2 N–H and O–H groups in total. The molecule has 0 saturated carbocycles. The Labute approximate surface area is 78.4 Å². The van der Waals surface area contributed by atoms with Gasteiger partial charge in [0.2, 0.25) is 0 Å². The average molecular weight is 191 g/mol. The number of ether oxygens (including phenoxy) is 1. The molecule has 1 unspecified atom stereocenters. The molecule has 0 rings (SSSR count). The number of nitrogens with two attached hydrogens (primary N) is 1. The predicted molar refractivity (Wildman–Crippen MR) is 49.0 cm³/mol. The van der Waals surface area contributed by atoms with Gasteiger partial charge in [0.15, 0.2) is 5.54 Å². The first-order chi connectivity index (χ1) is 5.67. The Morgan fingerprint density at radius 2 is 1.85 bits per heavy atom. The lowest BCUT2D eigenvalue weighted by atomic mass is 9.76. The Morgan fingerprint density at radius 1 is 1.46 bits per heavy atom. The second-order valence-corrected chi connectivity index (χ2v) is 3.99. The van der Waals surface area contributed by atoms with Crippen molar-refractivity contribution < 1.29 is 13.9 Å². The zero-order valence-electron chi connectivity index (χ0n) is 8.85. The number of carbonyl (C=O) groups excluding carboxylic acids is 1. The molecule has 13 heavy (non-hydrogen) atoms. The van der Waals surface area contributed by atoms with Gasteiger partial charge in [0.1, 0.15) is 5.67 Å². The first kappa shape index (κ1) is 12.4. The van der Waals surface area contributed by atoms with E-state index in [1.54, 1.807) is 13.8 Å². The quantitative estimate of drug-likeness (QED) is 0.683. The first-order valence-corrected chi connectivity index (χ1v) is 4.24. The lowest BCUT2D eigenvalue weighted by molar-refractivity contribution is -0.155. The van der Waals surface area contributed by atoms with Crippen molar-refractivity contribution in [1.82, 2.24) is 0 Å². The van der Waals surface area contributed by atoms with Gasteiger partial charge in [-0.3, -0.25) is 0 Å². The second kappa shape index (κ2) is 3.62. The molecule has 0 bridgehead atoms. The zero-order chi connectivity index (χ0) is 10.9. The fourth-order valence-electron chi connectivity index (χ4n) is 1.33. The van der Waals surface area contributed by atoms with Crippen LogP contribution < -0.4 is 5.73 Å². The van der Waals surface area contributed by atoms with Gasteiger partial charge in [0.05, 0.1) is 7.11 Å². The summed E-state index contributed by atoms with van der Waals surface area (Å²) in [6.07, 6.45) is 0. The number of rotatable bonds is 3. The van der Waals surface area contributed by atoms with Crippen LogP contribution in [0.5, 0.6) is 0 Å². The van der Waals surface area contributed by atoms with Gasteiger partial charge in [-0.05, 0) is 19.8 Å². The molecule has 3 nitrogen and oxygen atoms in total.